The van der Waals surface area contributed by atoms with E-state index in [9.17, 15) is 19.8 Å². The molecular formula is C28H27NO5. The monoisotopic (exact) mass is 457 g/mol. The first-order valence-corrected chi connectivity index (χ1v) is 11.1. The normalized spacial score (nSPS) is 17.4. The van der Waals surface area contributed by atoms with Crippen LogP contribution in [0.3, 0.4) is 0 Å². The summed E-state index contributed by atoms with van der Waals surface area (Å²) in [4.78, 5) is 27.9. The van der Waals surface area contributed by atoms with Crippen molar-refractivity contribution in [2.75, 3.05) is 4.90 Å². The molecule has 2 N–H and O–H groups in total. The average Bonchev–Trinajstić information content (AvgIpc) is 3.04. The second-order valence-corrected chi connectivity index (χ2v) is 8.80. The summed E-state index contributed by atoms with van der Waals surface area (Å²) in [5, 5.41) is 21.0. The van der Waals surface area contributed by atoms with Crippen LogP contribution in [0.1, 0.15) is 42.1 Å². The molecule has 1 unspecified atom stereocenters. The predicted octanol–water partition coefficient (Wildman–Crippen LogP) is 5.42. The Hall–Kier alpha value is -4.06. The molecule has 3 aromatic rings. The zero-order valence-electron chi connectivity index (χ0n) is 19.6. The standard InChI is InChI=1S/C28H27NO5/c1-16(2)34-23-11-7-20(8-12-23)26(31)24-25(19-5-9-22(30)10-6-19)29(28(33)27(24)32)21-14-17(3)13-18(4)15-21/h5-16,25,30-31H,1-4H3/b26-24+. The molecule has 34 heavy (non-hydrogen) atoms. The summed E-state index contributed by atoms with van der Waals surface area (Å²) in [6.07, 6.45) is -0.00273. The van der Waals surface area contributed by atoms with E-state index < -0.39 is 17.7 Å². The zero-order valence-corrected chi connectivity index (χ0v) is 19.6. The number of aliphatic hydroxyl groups excluding tert-OH is 1. The molecule has 3 aromatic carbocycles. The number of anilines is 1. The molecule has 0 aliphatic carbocycles. The maximum Gasteiger partial charge on any atom is 0.300 e. The van der Waals surface area contributed by atoms with Crippen LogP contribution in [0.4, 0.5) is 5.69 Å². The van der Waals surface area contributed by atoms with Gasteiger partial charge in [0.05, 0.1) is 17.7 Å². The van der Waals surface area contributed by atoms with E-state index in [0.29, 0.717) is 22.6 Å². The second-order valence-electron chi connectivity index (χ2n) is 8.80. The molecule has 1 fully saturated rings. The summed E-state index contributed by atoms with van der Waals surface area (Å²) in [7, 11) is 0. The molecule has 174 valence electrons. The topological polar surface area (TPSA) is 87.1 Å². The number of carbonyl (C=O) groups excluding carboxylic acids is 2. The Bertz CT molecular complexity index is 1250. The number of carbonyl (C=O) groups is 2. The van der Waals surface area contributed by atoms with Gasteiger partial charge in [-0.05, 0) is 92.9 Å². The first-order chi connectivity index (χ1) is 16.2. The molecule has 0 radical (unpaired) electrons. The van der Waals surface area contributed by atoms with Crippen molar-refractivity contribution in [1.82, 2.24) is 0 Å². The van der Waals surface area contributed by atoms with Crippen molar-refractivity contribution in [1.29, 1.82) is 0 Å². The molecule has 1 aliphatic heterocycles. The van der Waals surface area contributed by atoms with Crippen molar-refractivity contribution in [3.05, 3.63) is 94.6 Å². The lowest BCUT2D eigenvalue weighted by atomic mass is 9.95. The third kappa shape index (κ3) is 4.39. The van der Waals surface area contributed by atoms with Gasteiger partial charge in [0.1, 0.15) is 17.3 Å². The van der Waals surface area contributed by atoms with Crippen LogP contribution >= 0.6 is 0 Å². The van der Waals surface area contributed by atoms with E-state index in [1.54, 1.807) is 36.4 Å². The fourth-order valence-electron chi connectivity index (χ4n) is 4.28. The van der Waals surface area contributed by atoms with Gasteiger partial charge in [-0.3, -0.25) is 14.5 Å². The summed E-state index contributed by atoms with van der Waals surface area (Å²) >= 11 is 0. The van der Waals surface area contributed by atoms with Crippen molar-refractivity contribution in [2.24, 2.45) is 0 Å². The maximum absolute atomic E-state index is 13.3. The molecule has 0 spiro atoms. The third-order valence-corrected chi connectivity index (χ3v) is 5.64. The number of hydrogen-bond acceptors (Lipinski definition) is 5. The molecule has 0 saturated carbocycles. The minimum absolute atomic E-state index is 0.00273. The predicted molar refractivity (Wildman–Crippen MR) is 131 cm³/mol. The number of aliphatic hydroxyl groups is 1. The van der Waals surface area contributed by atoms with E-state index in [1.807, 2.05) is 45.9 Å². The highest BCUT2D eigenvalue weighted by Crippen LogP contribution is 2.43. The molecule has 1 saturated heterocycles. The Morgan fingerprint density at radius 3 is 2.06 bits per heavy atom. The number of phenolic OH excluding ortho intramolecular Hbond substituents is 1. The van der Waals surface area contributed by atoms with Gasteiger partial charge in [0.15, 0.2) is 0 Å². The quantitative estimate of drug-likeness (QED) is 0.303. The minimum atomic E-state index is -0.853. The Morgan fingerprint density at radius 1 is 0.912 bits per heavy atom. The van der Waals surface area contributed by atoms with Crippen molar-refractivity contribution in [2.45, 2.75) is 39.8 Å². The first kappa shape index (κ1) is 23.1. The van der Waals surface area contributed by atoms with E-state index in [0.717, 1.165) is 11.1 Å². The number of aryl methyl sites for hydroxylation is 2. The highest BCUT2D eigenvalue weighted by molar-refractivity contribution is 6.51. The number of ether oxygens (including phenoxy) is 1. The van der Waals surface area contributed by atoms with Crippen molar-refractivity contribution in [3.8, 4) is 11.5 Å². The van der Waals surface area contributed by atoms with Crippen molar-refractivity contribution < 1.29 is 24.5 Å². The van der Waals surface area contributed by atoms with Gasteiger partial charge in [-0.25, -0.2) is 0 Å². The molecule has 1 heterocycles. The fourth-order valence-corrected chi connectivity index (χ4v) is 4.28. The molecule has 1 amide bonds. The van der Waals surface area contributed by atoms with Gasteiger partial charge in [0, 0.05) is 11.3 Å². The lowest BCUT2D eigenvalue weighted by Gasteiger charge is -2.26. The third-order valence-electron chi connectivity index (χ3n) is 5.64. The molecule has 0 aromatic heterocycles. The highest BCUT2D eigenvalue weighted by atomic mass is 16.5. The molecular weight excluding hydrogens is 430 g/mol. The smallest absolute Gasteiger partial charge is 0.300 e. The van der Waals surface area contributed by atoms with Crippen LogP contribution in [0.15, 0.2) is 72.3 Å². The van der Waals surface area contributed by atoms with Crippen LogP contribution in [0.25, 0.3) is 5.76 Å². The van der Waals surface area contributed by atoms with Crippen molar-refractivity contribution >= 4 is 23.1 Å². The molecule has 4 rings (SSSR count). The molecule has 0 bridgehead atoms. The largest absolute Gasteiger partial charge is 0.508 e. The number of amides is 1. The number of rotatable bonds is 5. The van der Waals surface area contributed by atoms with Crippen LogP contribution < -0.4 is 9.64 Å². The fraction of sp³-hybridized carbons (Fsp3) is 0.214. The van der Waals surface area contributed by atoms with Crippen molar-refractivity contribution in [3.63, 3.8) is 0 Å². The molecule has 6 nitrogen and oxygen atoms in total. The lowest BCUT2D eigenvalue weighted by Crippen LogP contribution is -2.29. The van der Waals surface area contributed by atoms with Gasteiger partial charge >= 0.3 is 0 Å². The Labute approximate surface area is 198 Å². The van der Waals surface area contributed by atoms with E-state index in [4.69, 9.17) is 4.74 Å². The Kier molecular flexibility index (Phi) is 6.16. The SMILES string of the molecule is Cc1cc(C)cc(N2C(=O)C(=O)/C(=C(/O)c3ccc(OC(C)C)cc3)C2c2ccc(O)cc2)c1. The van der Waals surface area contributed by atoms with Gasteiger partial charge in [0.25, 0.3) is 11.7 Å². The van der Waals surface area contributed by atoms with Gasteiger partial charge in [0.2, 0.25) is 0 Å². The first-order valence-electron chi connectivity index (χ1n) is 11.1. The summed E-state index contributed by atoms with van der Waals surface area (Å²) in [5.41, 5.74) is 3.45. The summed E-state index contributed by atoms with van der Waals surface area (Å²) in [5.74, 6) is -1.05. The van der Waals surface area contributed by atoms with E-state index >= 15 is 0 Å². The number of aromatic hydroxyl groups is 1. The Morgan fingerprint density at radius 2 is 1.50 bits per heavy atom. The molecule has 1 atom stereocenters. The Balaban J connectivity index is 1.88. The number of phenols is 1. The summed E-state index contributed by atoms with van der Waals surface area (Å²) < 4.78 is 5.66. The van der Waals surface area contributed by atoms with Crippen LogP contribution in [0.2, 0.25) is 0 Å². The van der Waals surface area contributed by atoms with Gasteiger partial charge in [-0.15, -0.1) is 0 Å². The minimum Gasteiger partial charge on any atom is -0.508 e. The summed E-state index contributed by atoms with van der Waals surface area (Å²) in [6.45, 7) is 7.67. The van der Waals surface area contributed by atoms with Crippen LogP contribution in [0, 0.1) is 13.8 Å². The van der Waals surface area contributed by atoms with Crippen LogP contribution in [0.5, 0.6) is 11.5 Å². The van der Waals surface area contributed by atoms with Gasteiger partial charge in [-0.1, -0.05) is 18.2 Å². The second kappa shape index (κ2) is 9.06. The van der Waals surface area contributed by atoms with Crippen LogP contribution in [-0.4, -0.2) is 28.0 Å². The van der Waals surface area contributed by atoms with Gasteiger partial charge < -0.3 is 14.9 Å². The van der Waals surface area contributed by atoms with E-state index in [2.05, 4.69) is 0 Å². The number of nitrogens with zero attached hydrogens (tertiary/aromatic N) is 1. The van der Waals surface area contributed by atoms with Gasteiger partial charge in [-0.2, -0.15) is 0 Å². The lowest BCUT2D eigenvalue weighted by molar-refractivity contribution is -0.132. The average molecular weight is 458 g/mol. The molecule has 6 heteroatoms. The van der Waals surface area contributed by atoms with E-state index in [-0.39, 0.29) is 23.2 Å². The summed E-state index contributed by atoms with van der Waals surface area (Å²) in [6, 6.07) is 17.8. The van der Waals surface area contributed by atoms with E-state index in [1.165, 1.54) is 17.0 Å². The highest BCUT2D eigenvalue weighted by Gasteiger charge is 2.47. The number of hydrogen-bond donors (Lipinski definition) is 2. The number of Topliss-reactive ketones (excluding diaryl/α,β-unsaturated/α-hetero) is 1. The maximum atomic E-state index is 13.3. The number of ketones is 1. The van der Waals surface area contributed by atoms with Crippen LogP contribution in [-0.2, 0) is 9.59 Å². The molecule has 1 aliphatic rings. The number of benzene rings is 3. The zero-order chi connectivity index (χ0) is 24.6.